The van der Waals surface area contributed by atoms with E-state index in [1.54, 1.807) is 30.3 Å². The Morgan fingerprint density at radius 1 is 1.04 bits per heavy atom. The molecule has 1 heterocycles. The highest BCUT2D eigenvalue weighted by atomic mass is 35.5. The van der Waals surface area contributed by atoms with Crippen LogP contribution in [0, 0.1) is 5.82 Å². The van der Waals surface area contributed by atoms with Crippen LogP contribution < -0.4 is 10.5 Å². The first-order chi connectivity index (χ1) is 13.0. The fraction of sp³-hybridized carbons (Fsp3) is 0. The number of hydrogen-bond acceptors (Lipinski definition) is 3. The van der Waals surface area contributed by atoms with Crippen molar-refractivity contribution in [1.29, 1.82) is 0 Å². The van der Waals surface area contributed by atoms with Crippen molar-refractivity contribution in [2.75, 3.05) is 0 Å². The van der Waals surface area contributed by atoms with Crippen molar-refractivity contribution < 1.29 is 13.9 Å². The summed E-state index contributed by atoms with van der Waals surface area (Å²) in [5, 5.41) is 0.00160. The van der Waals surface area contributed by atoms with Crippen LogP contribution in [0.25, 0.3) is 22.4 Å². The average molecular weight is 382 g/mol. The maximum absolute atomic E-state index is 13.2. The van der Waals surface area contributed by atoms with Gasteiger partial charge in [0.25, 0.3) is 0 Å². The summed E-state index contributed by atoms with van der Waals surface area (Å²) in [6, 6.07) is 16.5. The zero-order valence-electron chi connectivity index (χ0n) is 13.9. The van der Waals surface area contributed by atoms with Crippen LogP contribution in [-0.4, -0.2) is 15.9 Å². The third-order valence-corrected chi connectivity index (χ3v) is 4.31. The first-order valence-electron chi connectivity index (χ1n) is 8.02. The molecule has 0 spiro atoms. The van der Waals surface area contributed by atoms with Gasteiger partial charge in [-0.2, -0.15) is 0 Å². The number of halogens is 2. The number of fused-ring (bicyclic) bond motifs is 1. The topological polar surface area (TPSA) is 81.0 Å². The molecule has 3 aromatic carbocycles. The van der Waals surface area contributed by atoms with Gasteiger partial charge < -0.3 is 15.5 Å². The van der Waals surface area contributed by atoms with Gasteiger partial charge in [0.2, 0.25) is 5.91 Å². The summed E-state index contributed by atoms with van der Waals surface area (Å²) in [6.45, 7) is 0. The Bertz CT molecular complexity index is 1160. The molecular weight excluding hydrogens is 369 g/mol. The average Bonchev–Trinajstić information content (AvgIpc) is 3.08. The van der Waals surface area contributed by atoms with Gasteiger partial charge >= 0.3 is 0 Å². The third-order valence-electron chi connectivity index (χ3n) is 4.02. The molecule has 5 nitrogen and oxygen atoms in total. The highest BCUT2D eigenvalue weighted by molar-refractivity contribution is 6.30. The number of carbonyl (C=O) groups excluding carboxylic acids is 1. The Labute approximate surface area is 158 Å². The van der Waals surface area contributed by atoms with E-state index in [0.29, 0.717) is 28.4 Å². The molecule has 0 saturated heterocycles. The van der Waals surface area contributed by atoms with Crippen molar-refractivity contribution in [3.05, 3.63) is 77.1 Å². The molecule has 4 aromatic rings. The van der Waals surface area contributed by atoms with Crippen molar-refractivity contribution in [2.45, 2.75) is 0 Å². The van der Waals surface area contributed by atoms with E-state index in [2.05, 4.69) is 9.97 Å². The molecule has 0 aliphatic heterocycles. The van der Waals surface area contributed by atoms with E-state index in [0.717, 1.165) is 11.1 Å². The van der Waals surface area contributed by atoms with Crippen LogP contribution in [0.15, 0.2) is 60.7 Å². The molecule has 134 valence electrons. The number of benzene rings is 3. The van der Waals surface area contributed by atoms with Crippen molar-refractivity contribution in [3.63, 3.8) is 0 Å². The summed E-state index contributed by atoms with van der Waals surface area (Å²) in [4.78, 5) is 19.0. The Balaban J connectivity index is 1.59. The van der Waals surface area contributed by atoms with E-state index in [-0.39, 0.29) is 5.02 Å². The fourth-order valence-electron chi connectivity index (χ4n) is 2.65. The van der Waals surface area contributed by atoms with Crippen molar-refractivity contribution in [2.24, 2.45) is 5.73 Å². The highest BCUT2D eigenvalue weighted by Gasteiger charge is 2.09. The molecule has 0 aliphatic carbocycles. The predicted molar refractivity (Wildman–Crippen MR) is 102 cm³/mol. The number of nitrogens with one attached hydrogen (secondary N) is 1. The minimum atomic E-state index is -0.497. The quantitative estimate of drug-likeness (QED) is 0.526. The molecule has 0 fully saturated rings. The molecule has 1 aromatic heterocycles. The summed E-state index contributed by atoms with van der Waals surface area (Å²) in [5.74, 6) is 0.681. The summed E-state index contributed by atoms with van der Waals surface area (Å²) in [7, 11) is 0. The zero-order valence-corrected chi connectivity index (χ0v) is 14.6. The van der Waals surface area contributed by atoms with Gasteiger partial charge in [0.1, 0.15) is 23.1 Å². The number of nitrogens with two attached hydrogens (primary N) is 1. The van der Waals surface area contributed by atoms with Gasteiger partial charge in [-0.3, -0.25) is 4.79 Å². The number of carbonyl (C=O) groups is 1. The first kappa shape index (κ1) is 17.1. The zero-order chi connectivity index (χ0) is 19.0. The van der Waals surface area contributed by atoms with Crippen molar-refractivity contribution >= 4 is 28.5 Å². The number of nitrogens with zero attached hydrogens (tertiary/aromatic N) is 1. The van der Waals surface area contributed by atoms with Gasteiger partial charge in [-0.1, -0.05) is 11.6 Å². The number of ether oxygens (including phenoxy) is 1. The van der Waals surface area contributed by atoms with Crippen molar-refractivity contribution in [1.82, 2.24) is 9.97 Å². The van der Waals surface area contributed by atoms with Crippen LogP contribution >= 0.6 is 11.6 Å². The minimum absolute atomic E-state index is 0.00160. The molecular formula is C20H13ClFN3O2. The number of rotatable bonds is 4. The van der Waals surface area contributed by atoms with Gasteiger partial charge in [0.05, 0.1) is 16.1 Å². The van der Waals surface area contributed by atoms with Crippen LogP contribution in [0.1, 0.15) is 10.4 Å². The number of aromatic nitrogens is 2. The van der Waals surface area contributed by atoms with Crippen LogP contribution in [0.5, 0.6) is 11.5 Å². The fourth-order valence-corrected chi connectivity index (χ4v) is 2.82. The highest BCUT2D eigenvalue weighted by Crippen LogP contribution is 2.28. The van der Waals surface area contributed by atoms with Crippen LogP contribution in [0.3, 0.4) is 0 Å². The normalized spacial score (nSPS) is 10.9. The lowest BCUT2D eigenvalue weighted by molar-refractivity contribution is 0.100. The number of aromatic amines is 1. The number of H-pyrrole nitrogens is 1. The molecule has 1 amide bonds. The van der Waals surface area contributed by atoms with Crippen LogP contribution in [0.2, 0.25) is 5.02 Å². The van der Waals surface area contributed by atoms with E-state index >= 15 is 0 Å². The van der Waals surface area contributed by atoms with E-state index < -0.39 is 11.7 Å². The second kappa shape index (κ2) is 6.74. The lowest BCUT2D eigenvalue weighted by Gasteiger charge is -2.07. The second-order valence-electron chi connectivity index (χ2n) is 5.88. The molecule has 3 N–H and O–H groups in total. The Hall–Kier alpha value is -3.38. The standard InChI is InChI=1S/C20H13ClFN3O2/c21-15-10-14(6-7-16(15)22)27-13-4-1-11(2-5-13)20-24-17-8-3-12(19(23)26)9-18(17)25-20/h1-10H,(H2,23,26)(H,24,25). The van der Waals surface area contributed by atoms with Gasteiger partial charge in [0.15, 0.2) is 0 Å². The van der Waals surface area contributed by atoms with Gasteiger partial charge in [-0.05, 0) is 54.6 Å². The smallest absolute Gasteiger partial charge is 0.248 e. The molecule has 0 unspecified atom stereocenters. The lowest BCUT2D eigenvalue weighted by atomic mass is 10.2. The molecule has 0 saturated carbocycles. The third kappa shape index (κ3) is 3.47. The second-order valence-corrected chi connectivity index (χ2v) is 6.29. The summed E-state index contributed by atoms with van der Waals surface area (Å²) in [6.07, 6.45) is 0. The number of imidazole rings is 1. The number of hydrogen-bond donors (Lipinski definition) is 2. The molecule has 7 heteroatoms. The predicted octanol–water partition coefficient (Wildman–Crippen LogP) is 4.91. The summed E-state index contributed by atoms with van der Waals surface area (Å²) >= 11 is 5.76. The maximum Gasteiger partial charge on any atom is 0.248 e. The molecule has 0 bridgehead atoms. The number of amides is 1. The molecule has 27 heavy (non-hydrogen) atoms. The molecule has 0 atom stereocenters. The lowest BCUT2D eigenvalue weighted by Crippen LogP contribution is -2.10. The maximum atomic E-state index is 13.2. The van der Waals surface area contributed by atoms with Gasteiger partial charge in [-0.15, -0.1) is 0 Å². The van der Waals surface area contributed by atoms with Crippen LogP contribution in [0.4, 0.5) is 4.39 Å². The van der Waals surface area contributed by atoms with Gasteiger partial charge in [0, 0.05) is 17.2 Å². The summed E-state index contributed by atoms with van der Waals surface area (Å²) < 4.78 is 18.9. The van der Waals surface area contributed by atoms with Gasteiger partial charge in [-0.25, -0.2) is 9.37 Å². The molecule has 0 aliphatic rings. The van der Waals surface area contributed by atoms with E-state index in [1.807, 2.05) is 12.1 Å². The monoisotopic (exact) mass is 381 g/mol. The largest absolute Gasteiger partial charge is 0.457 e. The molecule has 0 radical (unpaired) electrons. The Morgan fingerprint density at radius 3 is 2.48 bits per heavy atom. The van der Waals surface area contributed by atoms with Crippen LogP contribution in [-0.2, 0) is 0 Å². The first-order valence-corrected chi connectivity index (χ1v) is 8.40. The minimum Gasteiger partial charge on any atom is -0.457 e. The van der Waals surface area contributed by atoms with Crippen molar-refractivity contribution in [3.8, 4) is 22.9 Å². The van der Waals surface area contributed by atoms with E-state index in [9.17, 15) is 9.18 Å². The Morgan fingerprint density at radius 2 is 1.78 bits per heavy atom. The number of primary amides is 1. The SMILES string of the molecule is NC(=O)c1ccc2[nH]c(-c3ccc(Oc4ccc(F)c(Cl)c4)cc3)nc2c1. The van der Waals surface area contributed by atoms with E-state index in [1.165, 1.54) is 18.2 Å². The molecule has 4 rings (SSSR count). The summed E-state index contributed by atoms with van der Waals surface area (Å²) in [5.41, 5.74) is 8.01. The van der Waals surface area contributed by atoms with E-state index in [4.69, 9.17) is 22.1 Å². The Kier molecular flexibility index (Phi) is 4.25.